The van der Waals surface area contributed by atoms with Gasteiger partial charge in [-0.05, 0) is 46.3 Å². The smallest absolute Gasteiger partial charge is 0.326 e. The molecule has 1 aliphatic rings. The molecule has 0 spiro atoms. The molecule has 0 aromatic heterocycles. The van der Waals surface area contributed by atoms with Gasteiger partial charge in [0.15, 0.2) is 0 Å². The quantitative estimate of drug-likeness (QED) is 0.729. The van der Waals surface area contributed by atoms with E-state index in [1.54, 1.807) is 0 Å². The van der Waals surface area contributed by atoms with Gasteiger partial charge in [-0.1, -0.05) is 6.92 Å². The van der Waals surface area contributed by atoms with Gasteiger partial charge in [-0.2, -0.15) is 0 Å². The van der Waals surface area contributed by atoms with Gasteiger partial charge in [0.2, 0.25) is 0 Å². The monoisotopic (exact) mass is 228 g/mol. The third kappa shape index (κ3) is 2.55. The third-order valence-corrected chi connectivity index (χ3v) is 3.90. The summed E-state index contributed by atoms with van der Waals surface area (Å²) in [5.74, 6) is -0.121. The van der Waals surface area contributed by atoms with Crippen molar-refractivity contribution < 1.29 is 9.53 Å². The van der Waals surface area contributed by atoms with Crippen LogP contribution in [0, 0.1) is 0 Å². The summed E-state index contributed by atoms with van der Waals surface area (Å²) in [5, 5.41) is 3.18. The normalized spacial score (nSPS) is 30.4. The summed E-state index contributed by atoms with van der Waals surface area (Å²) >= 11 is 0. The average molecular weight is 228 g/mol. The number of methoxy groups -OCH3 is 1. The first-order valence-electron chi connectivity index (χ1n) is 6.07. The zero-order valence-electron chi connectivity index (χ0n) is 10.9. The molecule has 0 bridgehead atoms. The number of esters is 1. The fourth-order valence-electron chi connectivity index (χ4n) is 2.59. The van der Waals surface area contributed by atoms with Crippen molar-refractivity contribution in [1.82, 2.24) is 10.2 Å². The highest BCUT2D eigenvalue weighted by molar-refractivity contribution is 5.81. The summed E-state index contributed by atoms with van der Waals surface area (Å²) < 4.78 is 4.93. The lowest BCUT2D eigenvalue weighted by atomic mass is 9.78. The van der Waals surface area contributed by atoms with Gasteiger partial charge in [0, 0.05) is 6.04 Å². The molecule has 16 heavy (non-hydrogen) atoms. The van der Waals surface area contributed by atoms with Gasteiger partial charge in [0.05, 0.1) is 7.11 Å². The van der Waals surface area contributed by atoms with Crippen molar-refractivity contribution in [2.45, 2.75) is 44.2 Å². The Bertz CT molecular complexity index is 245. The number of ether oxygens (including phenoxy) is 1. The first-order chi connectivity index (χ1) is 7.59. The number of carbonyl (C=O) groups excluding carboxylic acids is 1. The molecule has 0 aromatic carbocycles. The SMILES string of the molecule is CCN(C)C1CCCC(NC)(C(=O)OC)C1. The largest absolute Gasteiger partial charge is 0.468 e. The van der Waals surface area contributed by atoms with E-state index in [4.69, 9.17) is 4.74 Å². The predicted octanol–water partition coefficient (Wildman–Crippen LogP) is 1.01. The summed E-state index contributed by atoms with van der Waals surface area (Å²) in [6, 6.07) is 0.477. The lowest BCUT2D eigenvalue weighted by Gasteiger charge is -2.41. The van der Waals surface area contributed by atoms with Crippen LogP contribution in [0.2, 0.25) is 0 Å². The van der Waals surface area contributed by atoms with E-state index in [1.807, 2.05) is 7.05 Å². The maximum atomic E-state index is 11.9. The van der Waals surface area contributed by atoms with Gasteiger partial charge in [0.1, 0.15) is 5.54 Å². The zero-order valence-corrected chi connectivity index (χ0v) is 10.9. The summed E-state index contributed by atoms with van der Waals surface area (Å²) in [7, 11) is 5.44. The molecule has 94 valence electrons. The molecule has 1 fully saturated rings. The molecule has 1 rings (SSSR count). The van der Waals surface area contributed by atoms with Gasteiger partial charge >= 0.3 is 5.97 Å². The van der Waals surface area contributed by atoms with Gasteiger partial charge in [-0.3, -0.25) is 4.79 Å². The van der Waals surface area contributed by atoms with Crippen LogP contribution in [0.4, 0.5) is 0 Å². The number of nitrogens with zero attached hydrogens (tertiary/aromatic N) is 1. The van der Waals surface area contributed by atoms with Crippen LogP contribution in [0.15, 0.2) is 0 Å². The van der Waals surface area contributed by atoms with Gasteiger partial charge < -0.3 is 15.0 Å². The van der Waals surface area contributed by atoms with Crippen molar-refractivity contribution >= 4 is 5.97 Å². The predicted molar refractivity (Wildman–Crippen MR) is 64.4 cm³/mol. The maximum Gasteiger partial charge on any atom is 0.326 e. The van der Waals surface area contributed by atoms with Crippen molar-refractivity contribution in [1.29, 1.82) is 0 Å². The second-order valence-corrected chi connectivity index (χ2v) is 4.65. The van der Waals surface area contributed by atoms with Crippen molar-refractivity contribution in [3.05, 3.63) is 0 Å². The lowest BCUT2D eigenvalue weighted by Crippen LogP contribution is -2.57. The van der Waals surface area contributed by atoms with E-state index >= 15 is 0 Å². The minimum absolute atomic E-state index is 0.121. The highest BCUT2D eigenvalue weighted by Gasteiger charge is 2.43. The van der Waals surface area contributed by atoms with E-state index in [1.165, 1.54) is 13.5 Å². The van der Waals surface area contributed by atoms with Crippen LogP contribution in [-0.4, -0.2) is 50.2 Å². The van der Waals surface area contributed by atoms with Crippen LogP contribution in [0.5, 0.6) is 0 Å². The molecule has 0 amide bonds. The Labute approximate surface area is 98.3 Å². The molecule has 0 radical (unpaired) electrons. The molecule has 0 heterocycles. The van der Waals surface area contributed by atoms with Crippen LogP contribution >= 0.6 is 0 Å². The van der Waals surface area contributed by atoms with E-state index in [0.29, 0.717) is 6.04 Å². The van der Waals surface area contributed by atoms with Gasteiger partial charge in [-0.15, -0.1) is 0 Å². The Morgan fingerprint density at radius 1 is 1.62 bits per heavy atom. The first-order valence-corrected chi connectivity index (χ1v) is 6.07. The fourth-order valence-corrected chi connectivity index (χ4v) is 2.59. The second-order valence-electron chi connectivity index (χ2n) is 4.65. The number of carbonyl (C=O) groups is 1. The molecule has 2 atom stereocenters. The molecule has 4 heteroatoms. The Morgan fingerprint density at radius 2 is 2.31 bits per heavy atom. The Morgan fingerprint density at radius 3 is 2.81 bits per heavy atom. The average Bonchev–Trinajstić information content (AvgIpc) is 2.36. The molecule has 0 aromatic rings. The Balaban J connectivity index is 2.76. The first kappa shape index (κ1) is 13.5. The summed E-state index contributed by atoms with van der Waals surface area (Å²) in [6.45, 7) is 3.17. The van der Waals surface area contributed by atoms with Gasteiger partial charge in [-0.25, -0.2) is 0 Å². The summed E-state index contributed by atoms with van der Waals surface area (Å²) in [6.07, 6.45) is 3.97. The third-order valence-electron chi connectivity index (χ3n) is 3.90. The fraction of sp³-hybridized carbons (Fsp3) is 0.917. The molecule has 1 N–H and O–H groups in total. The Kier molecular flexibility index (Phi) is 4.74. The van der Waals surface area contributed by atoms with Crippen molar-refractivity contribution in [3.8, 4) is 0 Å². The second kappa shape index (κ2) is 5.64. The number of likely N-dealkylation sites (N-methyl/N-ethyl adjacent to an activating group) is 1. The van der Waals surface area contributed by atoms with E-state index in [0.717, 1.165) is 25.8 Å². The summed E-state index contributed by atoms with van der Waals surface area (Å²) in [4.78, 5) is 14.2. The van der Waals surface area contributed by atoms with Gasteiger partial charge in [0.25, 0.3) is 0 Å². The molecule has 0 saturated heterocycles. The number of nitrogens with one attached hydrogen (secondary N) is 1. The standard InChI is InChI=1S/C12H24N2O2/c1-5-14(3)10-7-6-8-12(9-10,13-2)11(15)16-4/h10,13H,5-9H2,1-4H3. The van der Waals surface area contributed by atoms with Crippen LogP contribution in [0.25, 0.3) is 0 Å². The van der Waals surface area contributed by atoms with E-state index in [-0.39, 0.29) is 5.97 Å². The molecule has 0 aliphatic heterocycles. The van der Waals surface area contributed by atoms with Crippen LogP contribution in [0.3, 0.4) is 0 Å². The van der Waals surface area contributed by atoms with Crippen molar-refractivity contribution in [2.24, 2.45) is 0 Å². The van der Waals surface area contributed by atoms with Crippen LogP contribution in [-0.2, 0) is 9.53 Å². The van der Waals surface area contributed by atoms with E-state index in [9.17, 15) is 4.79 Å². The van der Waals surface area contributed by atoms with Crippen molar-refractivity contribution in [2.75, 3.05) is 27.7 Å². The topological polar surface area (TPSA) is 41.6 Å². The minimum Gasteiger partial charge on any atom is -0.468 e. The van der Waals surface area contributed by atoms with Crippen LogP contribution in [0.1, 0.15) is 32.6 Å². The highest BCUT2D eigenvalue weighted by atomic mass is 16.5. The molecular formula is C12H24N2O2. The number of hydrogen-bond donors (Lipinski definition) is 1. The molecule has 4 nitrogen and oxygen atoms in total. The van der Waals surface area contributed by atoms with Crippen LogP contribution < -0.4 is 5.32 Å². The number of hydrogen-bond acceptors (Lipinski definition) is 4. The highest BCUT2D eigenvalue weighted by Crippen LogP contribution is 2.31. The molecular weight excluding hydrogens is 204 g/mol. The molecule has 1 aliphatic carbocycles. The molecule has 1 saturated carbocycles. The lowest BCUT2D eigenvalue weighted by molar-refractivity contribution is -0.150. The molecule has 2 unspecified atom stereocenters. The minimum atomic E-state index is -0.471. The van der Waals surface area contributed by atoms with Crippen molar-refractivity contribution in [3.63, 3.8) is 0 Å². The number of rotatable bonds is 4. The van der Waals surface area contributed by atoms with E-state index in [2.05, 4.69) is 24.2 Å². The summed E-state index contributed by atoms with van der Waals surface area (Å²) in [5.41, 5.74) is -0.471. The Hall–Kier alpha value is -0.610. The maximum absolute atomic E-state index is 11.9. The zero-order chi connectivity index (χ0) is 12.2. The van der Waals surface area contributed by atoms with E-state index < -0.39 is 5.54 Å².